The van der Waals surface area contributed by atoms with Gasteiger partial charge in [0.15, 0.2) is 5.78 Å². The van der Waals surface area contributed by atoms with Crippen molar-refractivity contribution in [1.82, 2.24) is 5.32 Å². The van der Waals surface area contributed by atoms with E-state index in [-0.39, 0.29) is 5.78 Å². The lowest BCUT2D eigenvalue weighted by molar-refractivity contribution is 0.0993. The van der Waals surface area contributed by atoms with Crippen LogP contribution in [0.5, 0.6) is 0 Å². The molecule has 0 aromatic heterocycles. The predicted octanol–water partition coefficient (Wildman–Crippen LogP) is 1.71. The highest BCUT2D eigenvalue weighted by molar-refractivity contribution is 5.99. The standard InChI is InChI=1S/C11H15NO/c1-8-5-4-6-10(9(8)2)11(13)7-12-3/h4-6,12H,7H2,1-3H3. The van der Waals surface area contributed by atoms with Crippen molar-refractivity contribution in [2.24, 2.45) is 0 Å². The highest BCUT2D eigenvalue weighted by Gasteiger charge is 2.08. The van der Waals surface area contributed by atoms with E-state index in [0.717, 1.165) is 11.1 Å². The first-order valence-electron chi connectivity index (χ1n) is 4.41. The van der Waals surface area contributed by atoms with E-state index in [9.17, 15) is 4.79 Å². The molecule has 0 aliphatic rings. The lowest BCUT2D eigenvalue weighted by Gasteiger charge is -2.06. The molecule has 0 aliphatic carbocycles. The smallest absolute Gasteiger partial charge is 0.176 e. The van der Waals surface area contributed by atoms with Crippen molar-refractivity contribution in [3.63, 3.8) is 0 Å². The number of nitrogens with one attached hydrogen (secondary N) is 1. The van der Waals surface area contributed by atoms with Crippen molar-refractivity contribution < 1.29 is 4.79 Å². The number of benzene rings is 1. The molecule has 1 N–H and O–H groups in total. The van der Waals surface area contributed by atoms with Crippen molar-refractivity contribution in [3.05, 3.63) is 34.9 Å². The number of carbonyl (C=O) groups excluding carboxylic acids is 1. The van der Waals surface area contributed by atoms with Gasteiger partial charge in [-0.1, -0.05) is 18.2 Å². The molecule has 0 bridgehead atoms. The van der Waals surface area contributed by atoms with Gasteiger partial charge < -0.3 is 5.32 Å². The van der Waals surface area contributed by atoms with Gasteiger partial charge in [-0.3, -0.25) is 4.79 Å². The second kappa shape index (κ2) is 4.19. The van der Waals surface area contributed by atoms with E-state index in [1.165, 1.54) is 5.56 Å². The summed E-state index contributed by atoms with van der Waals surface area (Å²) < 4.78 is 0. The quantitative estimate of drug-likeness (QED) is 0.712. The Morgan fingerprint density at radius 2 is 2.08 bits per heavy atom. The summed E-state index contributed by atoms with van der Waals surface area (Å²) in [5.74, 6) is 0.156. The van der Waals surface area contributed by atoms with Gasteiger partial charge in [-0.25, -0.2) is 0 Å². The summed E-state index contributed by atoms with van der Waals surface area (Å²) in [4.78, 5) is 11.6. The van der Waals surface area contributed by atoms with Crippen LogP contribution in [0.1, 0.15) is 21.5 Å². The molecule has 0 radical (unpaired) electrons. The molecule has 0 unspecified atom stereocenters. The molecule has 0 saturated carbocycles. The Labute approximate surface area is 79.0 Å². The minimum atomic E-state index is 0.156. The normalized spacial score (nSPS) is 10.1. The number of likely N-dealkylation sites (N-methyl/N-ethyl adjacent to an activating group) is 1. The second-order valence-electron chi connectivity index (χ2n) is 3.20. The fourth-order valence-electron chi connectivity index (χ4n) is 1.31. The maximum atomic E-state index is 11.6. The lowest BCUT2D eigenvalue weighted by Crippen LogP contribution is -2.19. The van der Waals surface area contributed by atoms with E-state index in [0.29, 0.717) is 6.54 Å². The highest BCUT2D eigenvalue weighted by Crippen LogP contribution is 2.12. The van der Waals surface area contributed by atoms with Gasteiger partial charge >= 0.3 is 0 Å². The zero-order valence-electron chi connectivity index (χ0n) is 8.35. The van der Waals surface area contributed by atoms with Gasteiger partial charge in [-0.05, 0) is 32.0 Å². The average molecular weight is 177 g/mol. The topological polar surface area (TPSA) is 29.1 Å². The SMILES string of the molecule is CNCC(=O)c1cccc(C)c1C. The number of rotatable bonds is 3. The molecule has 2 nitrogen and oxygen atoms in total. The number of Topliss-reactive ketones (excluding diaryl/α,β-unsaturated/α-hetero) is 1. The molecule has 13 heavy (non-hydrogen) atoms. The molecule has 1 rings (SSSR count). The molecule has 0 heterocycles. The van der Waals surface area contributed by atoms with E-state index in [2.05, 4.69) is 5.32 Å². The van der Waals surface area contributed by atoms with E-state index >= 15 is 0 Å². The number of carbonyl (C=O) groups is 1. The number of hydrogen-bond donors (Lipinski definition) is 1. The van der Waals surface area contributed by atoms with E-state index < -0.39 is 0 Å². The van der Waals surface area contributed by atoms with Crippen molar-refractivity contribution in [2.75, 3.05) is 13.6 Å². The number of hydrogen-bond acceptors (Lipinski definition) is 2. The summed E-state index contributed by atoms with van der Waals surface area (Å²) in [5.41, 5.74) is 3.08. The average Bonchev–Trinajstić information content (AvgIpc) is 2.10. The Bertz CT molecular complexity index is 318. The van der Waals surface area contributed by atoms with Crippen molar-refractivity contribution in [1.29, 1.82) is 0 Å². The largest absolute Gasteiger partial charge is 0.313 e. The summed E-state index contributed by atoms with van der Waals surface area (Å²) in [6.45, 7) is 4.41. The highest BCUT2D eigenvalue weighted by atomic mass is 16.1. The molecule has 0 fully saturated rings. The van der Waals surface area contributed by atoms with Crippen LogP contribution in [-0.4, -0.2) is 19.4 Å². The molecule has 0 spiro atoms. The van der Waals surface area contributed by atoms with Crippen LogP contribution in [-0.2, 0) is 0 Å². The Kier molecular flexibility index (Phi) is 3.20. The number of aryl methyl sites for hydroxylation is 1. The molecule has 2 heteroatoms. The zero-order valence-corrected chi connectivity index (χ0v) is 8.35. The van der Waals surface area contributed by atoms with Gasteiger partial charge in [0.25, 0.3) is 0 Å². The van der Waals surface area contributed by atoms with Gasteiger partial charge in [0.05, 0.1) is 6.54 Å². The molecule has 1 aromatic rings. The Hall–Kier alpha value is -1.15. The first kappa shape index (κ1) is 9.93. The molecule has 0 atom stereocenters. The Morgan fingerprint density at radius 1 is 1.38 bits per heavy atom. The molecular weight excluding hydrogens is 162 g/mol. The van der Waals surface area contributed by atoms with Gasteiger partial charge in [-0.15, -0.1) is 0 Å². The van der Waals surface area contributed by atoms with E-state index in [4.69, 9.17) is 0 Å². The maximum Gasteiger partial charge on any atom is 0.176 e. The Morgan fingerprint density at radius 3 is 2.69 bits per heavy atom. The summed E-state index contributed by atoms with van der Waals surface area (Å²) in [6, 6.07) is 5.82. The second-order valence-corrected chi connectivity index (χ2v) is 3.20. The molecule has 0 aliphatic heterocycles. The lowest BCUT2D eigenvalue weighted by atomic mass is 10.0. The molecule has 1 aromatic carbocycles. The van der Waals surface area contributed by atoms with Crippen LogP contribution >= 0.6 is 0 Å². The predicted molar refractivity (Wildman–Crippen MR) is 54.2 cm³/mol. The van der Waals surface area contributed by atoms with Crippen LogP contribution in [0.25, 0.3) is 0 Å². The third-order valence-electron chi connectivity index (χ3n) is 2.24. The summed E-state index contributed by atoms with van der Waals surface area (Å²) in [7, 11) is 1.78. The van der Waals surface area contributed by atoms with Gasteiger partial charge in [-0.2, -0.15) is 0 Å². The van der Waals surface area contributed by atoms with E-state index in [1.54, 1.807) is 7.05 Å². The Balaban J connectivity index is 3.01. The molecular formula is C11H15NO. The van der Waals surface area contributed by atoms with Gasteiger partial charge in [0.1, 0.15) is 0 Å². The van der Waals surface area contributed by atoms with Crippen LogP contribution in [0.15, 0.2) is 18.2 Å². The molecule has 0 saturated heterocycles. The zero-order chi connectivity index (χ0) is 9.84. The van der Waals surface area contributed by atoms with Crippen LogP contribution in [0, 0.1) is 13.8 Å². The third-order valence-corrected chi connectivity index (χ3v) is 2.24. The van der Waals surface area contributed by atoms with Crippen LogP contribution in [0.4, 0.5) is 0 Å². The first-order chi connectivity index (χ1) is 6.16. The molecule has 0 amide bonds. The van der Waals surface area contributed by atoms with Crippen molar-refractivity contribution in [3.8, 4) is 0 Å². The summed E-state index contributed by atoms with van der Waals surface area (Å²) in [6.07, 6.45) is 0. The fraction of sp³-hybridized carbons (Fsp3) is 0.364. The van der Waals surface area contributed by atoms with Gasteiger partial charge in [0.2, 0.25) is 0 Å². The minimum Gasteiger partial charge on any atom is -0.313 e. The summed E-state index contributed by atoms with van der Waals surface area (Å²) >= 11 is 0. The number of ketones is 1. The van der Waals surface area contributed by atoms with Crippen LogP contribution < -0.4 is 5.32 Å². The fourth-order valence-corrected chi connectivity index (χ4v) is 1.31. The van der Waals surface area contributed by atoms with Gasteiger partial charge in [0, 0.05) is 5.56 Å². The summed E-state index contributed by atoms with van der Waals surface area (Å²) in [5, 5.41) is 2.86. The van der Waals surface area contributed by atoms with Crippen LogP contribution in [0.3, 0.4) is 0 Å². The third kappa shape index (κ3) is 2.16. The monoisotopic (exact) mass is 177 g/mol. The molecule has 70 valence electrons. The minimum absolute atomic E-state index is 0.156. The van der Waals surface area contributed by atoms with E-state index in [1.807, 2.05) is 32.0 Å². The maximum absolute atomic E-state index is 11.6. The van der Waals surface area contributed by atoms with Crippen LogP contribution in [0.2, 0.25) is 0 Å². The first-order valence-corrected chi connectivity index (χ1v) is 4.41. The van der Waals surface area contributed by atoms with Crippen molar-refractivity contribution >= 4 is 5.78 Å². The van der Waals surface area contributed by atoms with Crippen molar-refractivity contribution in [2.45, 2.75) is 13.8 Å².